The number of carbonyl (C=O) groups excluding carboxylic acids is 1. The second-order valence-corrected chi connectivity index (χ2v) is 11.7. The fourth-order valence-corrected chi connectivity index (χ4v) is 3.85. The lowest BCUT2D eigenvalue weighted by molar-refractivity contribution is -0.885. The number of quaternary nitrogens is 1. The highest BCUT2D eigenvalue weighted by Gasteiger charge is 3.00. The van der Waals surface area contributed by atoms with Gasteiger partial charge in [-0.05, 0) is 12.8 Å². The molecule has 0 aliphatic carbocycles. The van der Waals surface area contributed by atoms with Gasteiger partial charge in [0.05, 0.1) is 26.6 Å². The van der Waals surface area contributed by atoms with Gasteiger partial charge in [0.2, 0.25) is 0 Å². The number of carboxylic acids is 1. The van der Waals surface area contributed by atoms with E-state index in [9.17, 15) is 137 Å². The highest BCUT2D eigenvalue weighted by atomic mass is 19.4. The van der Waals surface area contributed by atoms with Gasteiger partial charge < -0.3 is 14.4 Å². The second-order valence-electron chi connectivity index (χ2n) is 11.7. The number of carbonyl (C=O) groups is 1. The van der Waals surface area contributed by atoms with Gasteiger partial charge in [-0.2, -0.15) is 127 Å². The SMILES string of the molecule is C[N+](C)(CCCCC(F)(F)C(F)(F)C(F)(F)C(F)(F)C(F)(F)C(F)(F)C(F)(F)C(F)(F)C(F)(F)C(F)(F)C(F)(F)C(F)(F)C(F)(F)C(F)(F)F)CC(=O)[O-]. The molecule has 0 saturated heterocycles. The summed E-state index contributed by atoms with van der Waals surface area (Å²) in [5, 5.41) is 10.6. The third kappa shape index (κ3) is 7.02. The lowest BCUT2D eigenvalue weighted by atomic mass is 9.83. The van der Waals surface area contributed by atoms with Gasteiger partial charge in [0.15, 0.2) is 0 Å². The largest absolute Gasteiger partial charge is 0.544 e. The molecule has 3 nitrogen and oxygen atoms in total. The van der Waals surface area contributed by atoms with E-state index in [4.69, 9.17) is 0 Å². The quantitative estimate of drug-likeness (QED) is 0.0740. The van der Waals surface area contributed by atoms with Crippen molar-refractivity contribution in [1.82, 2.24) is 0 Å². The molecule has 0 amide bonds. The first-order valence-electron chi connectivity index (χ1n) is 12.9. The van der Waals surface area contributed by atoms with Crippen LogP contribution in [0.3, 0.4) is 0 Å². The number of likely N-dealkylation sites (N-methyl/N-ethyl adjacent to an activating group) is 1. The van der Waals surface area contributed by atoms with E-state index in [1.54, 1.807) is 0 Å². The van der Waals surface area contributed by atoms with E-state index < -0.39 is 126 Å². The van der Waals surface area contributed by atoms with Crippen LogP contribution in [0.4, 0.5) is 127 Å². The van der Waals surface area contributed by atoms with Crippen molar-refractivity contribution in [3.05, 3.63) is 0 Å². The van der Waals surface area contributed by atoms with E-state index in [1.807, 2.05) is 0 Å². The number of unbranched alkanes of at least 4 members (excludes halogenated alkanes) is 1. The zero-order chi connectivity index (χ0) is 44.6. The zero-order valence-corrected chi connectivity index (χ0v) is 25.3. The summed E-state index contributed by atoms with van der Waals surface area (Å²) in [6.07, 6.45) is -13.9. The third-order valence-corrected chi connectivity index (χ3v) is 7.21. The summed E-state index contributed by atoms with van der Waals surface area (Å²) in [5.41, 5.74) is 0. The summed E-state index contributed by atoms with van der Waals surface area (Å²) in [6.45, 7) is -1.72. The Morgan fingerprint density at radius 3 is 0.833 bits per heavy atom. The average Bonchev–Trinajstić information content (AvgIpc) is 2.92. The molecule has 32 heteroatoms. The van der Waals surface area contributed by atoms with Gasteiger partial charge in [0, 0.05) is 6.42 Å². The van der Waals surface area contributed by atoms with Gasteiger partial charge in [-0.1, -0.05) is 0 Å². The van der Waals surface area contributed by atoms with E-state index >= 15 is 0 Å². The normalized spacial score (nSPS) is 16.6. The number of halogens is 29. The first-order chi connectivity index (χ1) is 22.9. The first-order valence-corrected chi connectivity index (χ1v) is 12.9. The molecule has 0 aromatic heterocycles. The minimum Gasteiger partial charge on any atom is -0.544 e. The Bertz CT molecular complexity index is 1350. The van der Waals surface area contributed by atoms with Crippen LogP contribution in [0.1, 0.15) is 19.3 Å². The number of alkyl halides is 29. The summed E-state index contributed by atoms with van der Waals surface area (Å²) < 4.78 is 393. The molecule has 0 fully saturated rings. The molecule has 0 spiro atoms. The maximum atomic E-state index is 14.0. The predicted molar refractivity (Wildman–Crippen MR) is 111 cm³/mol. The third-order valence-electron chi connectivity index (χ3n) is 7.21. The smallest absolute Gasteiger partial charge is 0.460 e. The summed E-state index contributed by atoms with van der Waals surface area (Å²) in [6, 6.07) is 0. The molecule has 0 N–H and O–H groups in total. The number of rotatable bonds is 19. The molecule has 0 unspecified atom stereocenters. The van der Waals surface area contributed by atoms with Gasteiger partial charge in [-0.25, -0.2) is 0 Å². The molecular weight excluding hydrogens is 861 g/mol. The van der Waals surface area contributed by atoms with Gasteiger partial charge in [-0.3, -0.25) is 0 Å². The number of nitrogens with zero attached hydrogens (tertiary/aromatic N) is 1. The standard InChI is InChI=1S/C22H16F29NO2/c1-52(2,7-8(53)54)6-4-3-5-9(23,24)10(25,26)11(27,28)12(29,30)13(31,32)14(33,34)15(35,36)16(37,38)17(39,40)18(41,42)19(43,44)20(45,46)21(47,48)22(49,50)51/h3-7H2,1-2H3. The van der Waals surface area contributed by atoms with E-state index in [0.29, 0.717) is 0 Å². The fraction of sp³-hybridized carbons (Fsp3) is 0.955. The summed E-state index contributed by atoms with van der Waals surface area (Å²) >= 11 is 0. The minimum absolute atomic E-state index is 0.728. The molecule has 0 heterocycles. The Kier molecular flexibility index (Phi) is 12.9. The molecule has 0 bridgehead atoms. The summed E-state index contributed by atoms with van der Waals surface area (Å²) in [4.78, 5) is 10.6. The molecule has 0 rings (SSSR count). The Morgan fingerprint density at radius 2 is 0.611 bits per heavy atom. The van der Waals surface area contributed by atoms with Crippen molar-refractivity contribution < 1.29 is 142 Å². The lowest BCUT2D eigenvalue weighted by Crippen LogP contribution is -2.79. The Hall–Kier alpha value is -2.60. The van der Waals surface area contributed by atoms with Crippen molar-refractivity contribution in [1.29, 1.82) is 0 Å². The van der Waals surface area contributed by atoms with E-state index in [1.165, 1.54) is 0 Å². The molecule has 0 aliphatic heterocycles. The van der Waals surface area contributed by atoms with Crippen molar-refractivity contribution in [2.24, 2.45) is 0 Å². The monoisotopic (exact) mass is 877 g/mol. The van der Waals surface area contributed by atoms with Gasteiger partial charge in [0.25, 0.3) is 0 Å². The Balaban J connectivity index is 7.17. The Labute approximate surface area is 278 Å². The molecule has 0 aliphatic rings. The van der Waals surface area contributed by atoms with E-state index in [0.717, 1.165) is 14.1 Å². The van der Waals surface area contributed by atoms with Crippen LogP contribution in [-0.2, 0) is 4.79 Å². The van der Waals surface area contributed by atoms with Gasteiger partial charge in [-0.15, -0.1) is 0 Å². The van der Waals surface area contributed by atoms with Gasteiger partial charge >= 0.3 is 83.2 Å². The van der Waals surface area contributed by atoms with Crippen molar-refractivity contribution >= 4 is 5.97 Å². The van der Waals surface area contributed by atoms with Crippen LogP contribution in [0, 0.1) is 0 Å². The molecule has 0 saturated carbocycles. The predicted octanol–water partition coefficient (Wildman–Crippen LogP) is 8.80. The number of hydrogen-bond donors (Lipinski definition) is 0. The maximum Gasteiger partial charge on any atom is 0.460 e. The topological polar surface area (TPSA) is 40.1 Å². The maximum absolute atomic E-state index is 14.0. The van der Waals surface area contributed by atoms with Crippen LogP contribution in [0.15, 0.2) is 0 Å². The van der Waals surface area contributed by atoms with Crippen molar-refractivity contribution in [3.8, 4) is 0 Å². The van der Waals surface area contributed by atoms with Crippen LogP contribution < -0.4 is 5.11 Å². The minimum atomic E-state index is -9.95. The van der Waals surface area contributed by atoms with E-state index in [2.05, 4.69) is 0 Å². The highest BCUT2D eigenvalue weighted by Crippen LogP contribution is 2.69. The second kappa shape index (κ2) is 13.5. The first kappa shape index (κ1) is 51.4. The van der Waals surface area contributed by atoms with Crippen LogP contribution in [0.2, 0.25) is 0 Å². The average molecular weight is 877 g/mol. The molecular formula is C22H16F29NO2. The molecule has 0 aromatic carbocycles. The van der Waals surface area contributed by atoms with Crippen LogP contribution >= 0.6 is 0 Å². The summed E-state index contributed by atoms with van der Waals surface area (Å²) in [7, 11) is 1.89. The van der Waals surface area contributed by atoms with E-state index in [-0.39, 0.29) is 0 Å². The van der Waals surface area contributed by atoms with Crippen LogP contribution in [0.25, 0.3) is 0 Å². The number of carboxylic acid groups (broad SMARTS) is 1. The molecule has 0 radical (unpaired) electrons. The Morgan fingerprint density at radius 1 is 0.389 bits per heavy atom. The number of hydrogen-bond acceptors (Lipinski definition) is 2. The molecule has 0 aromatic rings. The lowest BCUT2D eigenvalue weighted by Gasteiger charge is -2.46. The van der Waals surface area contributed by atoms with Crippen molar-refractivity contribution in [2.45, 2.75) is 102 Å². The molecule has 54 heavy (non-hydrogen) atoms. The van der Waals surface area contributed by atoms with Crippen molar-refractivity contribution in [2.75, 3.05) is 27.2 Å². The van der Waals surface area contributed by atoms with Gasteiger partial charge in [0.1, 0.15) is 6.54 Å². The molecule has 0 atom stereocenters. The van der Waals surface area contributed by atoms with Crippen LogP contribution in [-0.4, -0.2) is 121 Å². The van der Waals surface area contributed by atoms with Crippen molar-refractivity contribution in [3.63, 3.8) is 0 Å². The highest BCUT2D eigenvalue weighted by molar-refractivity contribution is 5.65. The molecule has 324 valence electrons. The van der Waals surface area contributed by atoms with Crippen LogP contribution in [0.5, 0.6) is 0 Å². The zero-order valence-electron chi connectivity index (χ0n) is 25.3. The summed E-state index contributed by atoms with van der Waals surface area (Å²) in [5.74, 6) is -122. The fourth-order valence-electron chi connectivity index (χ4n) is 3.85. The number of aliphatic carboxylic acids is 1.